The minimum Gasteiger partial charge on any atom is -0.384 e. The van der Waals surface area contributed by atoms with Crippen LogP contribution in [0, 0.1) is 17.0 Å². The van der Waals surface area contributed by atoms with Gasteiger partial charge in [-0.05, 0) is 13.0 Å². The molecule has 0 spiro atoms. The Bertz CT molecular complexity index is 643. The second kappa shape index (κ2) is 7.11. The SMILES string of the molecule is COCCC(=O)NNS(=O)(=O)c1ccc(C)c([N+](=O)[O-])c1. The summed E-state index contributed by atoms with van der Waals surface area (Å²) in [4.78, 5) is 23.0. The summed E-state index contributed by atoms with van der Waals surface area (Å²) >= 11 is 0. The van der Waals surface area contributed by atoms with Crippen LogP contribution in [-0.2, 0) is 19.6 Å². The number of hydrazine groups is 1. The number of benzene rings is 1. The quantitative estimate of drug-likeness (QED) is 0.548. The molecule has 1 amide bonds. The Labute approximate surface area is 121 Å². The topological polar surface area (TPSA) is 128 Å². The van der Waals surface area contributed by atoms with Crippen LogP contribution in [0.4, 0.5) is 5.69 Å². The smallest absolute Gasteiger partial charge is 0.273 e. The van der Waals surface area contributed by atoms with E-state index in [9.17, 15) is 23.3 Å². The predicted molar refractivity (Wildman–Crippen MR) is 72.8 cm³/mol. The van der Waals surface area contributed by atoms with Gasteiger partial charge in [-0.2, -0.15) is 0 Å². The molecule has 1 aromatic carbocycles. The van der Waals surface area contributed by atoms with E-state index >= 15 is 0 Å². The first-order valence-electron chi connectivity index (χ1n) is 5.82. The van der Waals surface area contributed by atoms with Crippen LogP contribution in [0.5, 0.6) is 0 Å². The van der Waals surface area contributed by atoms with Gasteiger partial charge in [0.05, 0.1) is 22.8 Å². The van der Waals surface area contributed by atoms with Gasteiger partial charge in [0.25, 0.3) is 15.7 Å². The standard InChI is InChI=1S/C11H15N3O6S/c1-8-3-4-9(7-10(8)14(16)17)21(18,19)13-12-11(15)5-6-20-2/h3-4,7,13H,5-6H2,1-2H3,(H,12,15). The van der Waals surface area contributed by atoms with Crippen LogP contribution >= 0.6 is 0 Å². The molecule has 0 aliphatic heterocycles. The Balaban J connectivity index is 2.86. The van der Waals surface area contributed by atoms with Crippen molar-refractivity contribution in [3.05, 3.63) is 33.9 Å². The molecule has 0 aliphatic rings. The highest BCUT2D eigenvalue weighted by Gasteiger charge is 2.20. The van der Waals surface area contributed by atoms with Gasteiger partial charge in [-0.15, -0.1) is 4.83 Å². The zero-order valence-electron chi connectivity index (χ0n) is 11.5. The van der Waals surface area contributed by atoms with Gasteiger partial charge in [-0.3, -0.25) is 20.3 Å². The van der Waals surface area contributed by atoms with Crippen LogP contribution in [0.15, 0.2) is 23.1 Å². The van der Waals surface area contributed by atoms with Crippen molar-refractivity contribution in [3.8, 4) is 0 Å². The van der Waals surface area contributed by atoms with Crippen molar-refractivity contribution in [1.29, 1.82) is 0 Å². The Kier molecular flexibility index (Phi) is 5.76. The zero-order chi connectivity index (χ0) is 16.0. The predicted octanol–water partition coefficient (Wildman–Crippen LogP) is 0.249. The van der Waals surface area contributed by atoms with Crippen LogP contribution in [0.2, 0.25) is 0 Å². The number of carbonyl (C=O) groups excluding carboxylic acids is 1. The summed E-state index contributed by atoms with van der Waals surface area (Å²) in [5.41, 5.74) is 2.01. The molecule has 2 N–H and O–H groups in total. The molecule has 9 nitrogen and oxygen atoms in total. The highest BCUT2D eigenvalue weighted by atomic mass is 32.2. The maximum atomic E-state index is 11.9. The number of hydrogen-bond acceptors (Lipinski definition) is 6. The summed E-state index contributed by atoms with van der Waals surface area (Å²) in [5, 5.41) is 10.8. The van der Waals surface area contributed by atoms with Gasteiger partial charge in [0.2, 0.25) is 5.91 Å². The third-order valence-corrected chi connectivity index (χ3v) is 3.79. The number of nitro benzene ring substituents is 1. The van der Waals surface area contributed by atoms with Crippen LogP contribution < -0.4 is 10.3 Å². The molecule has 21 heavy (non-hydrogen) atoms. The number of methoxy groups -OCH3 is 1. The van der Waals surface area contributed by atoms with Crippen molar-refractivity contribution in [3.63, 3.8) is 0 Å². The second-order valence-corrected chi connectivity index (χ2v) is 5.78. The monoisotopic (exact) mass is 317 g/mol. The molecule has 0 saturated heterocycles. The van der Waals surface area contributed by atoms with E-state index in [4.69, 9.17) is 0 Å². The molecule has 0 unspecified atom stereocenters. The third kappa shape index (κ3) is 4.77. The fraction of sp³-hybridized carbons (Fsp3) is 0.364. The van der Waals surface area contributed by atoms with Gasteiger partial charge < -0.3 is 4.74 Å². The molecule has 0 radical (unpaired) electrons. The lowest BCUT2D eigenvalue weighted by molar-refractivity contribution is -0.385. The number of carbonyl (C=O) groups is 1. The molecule has 0 bridgehead atoms. The number of nitro groups is 1. The molecular weight excluding hydrogens is 302 g/mol. The number of amides is 1. The molecule has 116 valence electrons. The number of rotatable bonds is 7. The number of nitrogens with zero attached hydrogens (tertiary/aromatic N) is 1. The van der Waals surface area contributed by atoms with E-state index in [0.29, 0.717) is 5.56 Å². The van der Waals surface area contributed by atoms with Gasteiger partial charge >= 0.3 is 0 Å². The molecule has 0 saturated carbocycles. The van der Waals surface area contributed by atoms with Crippen molar-refractivity contribution in [2.75, 3.05) is 13.7 Å². The van der Waals surface area contributed by atoms with Crippen LogP contribution in [0.1, 0.15) is 12.0 Å². The molecular formula is C11H15N3O6S. The Morgan fingerprint density at radius 3 is 2.67 bits per heavy atom. The van der Waals surface area contributed by atoms with Crippen molar-refractivity contribution >= 4 is 21.6 Å². The van der Waals surface area contributed by atoms with Crippen LogP contribution in [0.3, 0.4) is 0 Å². The van der Waals surface area contributed by atoms with Gasteiger partial charge in [-0.25, -0.2) is 8.42 Å². The first kappa shape index (κ1) is 17.0. The third-order valence-electron chi connectivity index (χ3n) is 2.55. The average Bonchev–Trinajstić information content (AvgIpc) is 2.42. The summed E-state index contributed by atoms with van der Waals surface area (Å²) in [6.07, 6.45) is -0.0208. The van der Waals surface area contributed by atoms with Gasteiger partial charge in [0, 0.05) is 18.7 Å². The zero-order valence-corrected chi connectivity index (χ0v) is 12.3. The van der Waals surface area contributed by atoms with Gasteiger partial charge in [-0.1, -0.05) is 6.07 Å². The summed E-state index contributed by atoms with van der Waals surface area (Å²) in [5.74, 6) is -0.581. The van der Waals surface area contributed by atoms with Crippen LogP contribution in [-0.4, -0.2) is 33.0 Å². The van der Waals surface area contributed by atoms with Crippen molar-refractivity contribution in [2.24, 2.45) is 0 Å². The number of ether oxygens (including phenoxy) is 1. The Morgan fingerprint density at radius 2 is 2.10 bits per heavy atom. The van der Waals surface area contributed by atoms with E-state index < -0.39 is 20.9 Å². The Hall–Kier alpha value is -2.04. The van der Waals surface area contributed by atoms with E-state index in [-0.39, 0.29) is 23.6 Å². The van der Waals surface area contributed by atoms with Crippen molar-refractivity contribution in [2.45, 2.75) is 18.2 Å². The summed E-state index contributed by atoms with van der Waals surface area (Å²) in [6, 6.07) is 3.46. The van der Waals surface area contributed by atoms with Crippen molar-refractivity contribution < 1.29 is 22.9 Å². The summed E-state index contributed by atoms with van der Waals surface area (Å²) < 4.78 is 28.5. The fourth-order valence-corrected chi connectivity index (χ4v) is 2.27. The largest absolute Gasteiger partial charge is 0.384 e. The highest BCUT2D eigenvalue weighted by molar-refractivity contribution is 7.89. The molecule has 0 atom stereocenters. The van der Waals surface area contributed by atoms with Gasteiger partial charge in [0.15, 0.2) is 0 Å². The molecule has 0 aliphatic carbocycles. The van der Waals surface area contributed by atoms with E-state index in [1.165, 1.54) is 26.2 Å². The maximum absolute atomic E-state index is 11.9. The molecule has 10 heteroatoms. The molecule has 0 fully saturated rings. The second-order valence-electron chi connectivity index (χ2n) is 4.10. The highest BCUT2D eigenvalue weighted by Crippen LogP contribution is 2.21. The summed E-state index contributed by atoms with van der Waals surface area (Å²) in [7, 11) is -2.67. The van der Waals surface area contributed by atoms with E-state index in [2.05, 4.69) is 4.74 Å². The average molecular weight is 317 g/mol. The first-order chi connectivity index (χ1) is 9.77. The van der Waals surface area contributed by atoms with E-state index in [1.54, 1.807) is 0 Å². The molecule has 1 aromatic rings. The lowest BCUT2D eigenvalue weighted by Crippen LogP contribution is -2.41. The van der Waals surface area contributed by atoms with Gasteiger partial charge in [0.1, 0.15) is 0 Å². The molecule has 1 rings (SSSR count). The number of nitrogens with one attached hydrogen (secondary N) is 2. The lowest BCUT2D eigenvalue weighted by Gasteiger charge is -2.08. The number of hydrogen-bond donors (Lipinski definition) is 2. The number of sulfonamides is 1. The molecule has 0 aromatic heterocycles. The minimum atomic E-state index is -4.08. The molecule has 0 heterocycles. The summed E-state index contributed by atoms with van der Waals surface area (Å²) in [6.45, 7) is 1.64. The number of aryl methyl sites for hydroxylation is 1. The van der Waals surface area contributed by atoms with Crippen molar-refractivity contribution in [1.82, 2.24) is 10.3 Å². The lowest BCUT2D eigenvalue weighted by atomic mass is 10.2. The minimum absolute atomic E-state index is 0.0208. The first-order valence-corrected chi connectivity index (χ1v) is 7.31. The van der Waals surface area contributed by atoms with E-state index in [1.807, 2.05) is 10.3 Å². The maximum Gasteiger partial charge on any atom is 0.273 e. The fourth-order valence-electron chi connectivity index (χ4n) is 1.39. The van der Waals surface area contributed by atoms with E-state index in [0.717, 1.165) is 6.07 Å². The van der Waals surface area contributed by atoms with Crippen LogP contribution in [0.25, 0.3) is 0 Å². The Morgan fingerprint density at radius 1 is 1.43 bits per heavy atom. The normalized spacial score (nSPS) is 11.1.